The molecule has 32 heavy (non-hydrogen) atoms. The van der Waals surface area contributed by atoms with Crippen LogP contribution < -0.4 is 10.2 Å². The molecule has 7 heteroatoms. The molecule has 2 fully saturated rings. The quantitative estimate of drug-likeness (QED) is 0.408. The molecule has 2 aromatic rings. The predicted octanol–water partition coefficient (Wildman–Crippen LogP) is 3.28. The number of hydrogen-bond acceptors (Lipinski definition) is 6. The highest BCUT2D eigenvalue weighted by molar-refractivity contribution is 6.22. The van der Waals surface area contributed by atoms with E-state index in [1.54, 1.807) is 42.5 Å². The third-order valence-electron chi connectivity index (χ3n) is 5.98. The molecule has 1 aliphatic carbocycles. The van der Waals surface area contributed by atoms with E-state index in [4.69, 9.17) is 4.74 Å². The van der Waals surface area contributed by atoms with Gasteiger partial charge in [0.1, 0.15) is 0 Å². The third kappa shape index (κ3) is 4.94. The molecule has 0 aromatic heterocycles. The molecule has 166 valence electrons. The second-order valence-electron chi connectivity index (χ2n) is 8.24. The molecule has 0 bridgehead atoms. The van der Waals surface area contributed by atoms with Gasteiger partial charge in [0.05, 0.1) is 23.7 Å². The van der Waals surface area contributed by atoms with Gasteiger partial charge in [-0.05, 0) is 37.1 Å². The number of hydrogen-bond donors (Lipinski definition) is 1. The van der Waals surface area contributed by atoms with E-state index in [1.165, 1.54) is 23.5 Å². The number of carbonyl (C=O) groups excluding carboxylic acids is 4. The van der Waals surface area contributed by atoms with E-state index in [0.29, 0.717) is 11.3 Å². The average Bonchev–Trinajstić information content (AvgIpc) is 3.11. The summed E-state index contributed by atoms with van der Waals surface area (Å²) in [7, 11) is 0. The van der Waals surface area contributed by atoms with Crippen molar-refractivity contribution in [2.24, 2.45) is 0 Å². The minimum Gasteiger partial charge on any atom is -0.454 e. The Kier molecular flexibility index (Phi) is 6.75. The van der Waals surface area contributed by atoms with Gasteiger partial charge in [-0.25, -0.2) is 9.69 Å². The standard InChI is InChI=1S/C25H26N2O5/c28-22(17-7-3-1-4-8-17)16-32-25(31)18-11-13-20(14-12-18)27-23(29)15-21(24(27)30)26-19-9-5-2-6-10-19/h1,3-4,7-8,11-14,19,21,26H,2,5-6,9-10,15-16H2. The van der Waals surface area contributed by atoms with Gasteiger partial charge in [-0.2, -0.15) is 0 Å². The van der Waals surface area contributed by atoms with Crippen molar-refractivity contribution in [2.45, 2.75) is 50.6 Å². The Morgan fingerprint density at radius 3 is 2.28 bits per heavy atom. The van der Waals surface area contributed by atoms with Crippen LogP contribution in [0.5, 0.6) is 0 Å². The van der Waals surface area contributed by atoms with Gasteiger partial charge in [-0.15, -0.1) is 0 Å². The minimum atomic E-state index is -0.642. The summed E-state index contributed by atoms with van der Waals surface area (Å²) in [6, 6.07) is 14.5. The molecule has 0 radical (unpaired) electrons. The van der Waals surface area contributed by atoms with E-state index >= 15 is 0 Å². The van der Waals surface area contributed by atoms with E-state index in [2.05, 4.69) is 5.32 Å². The highest BCUT2D eigenvalue weighted by atomic mass is 16.5. The Bertz CT molecular complexity index is 997. The molecule has 2 aromatic carbocycles. The number of nitrogens with one attached hydrogen (secondary N) is 1. The number of ether oxygens (including phenoxy) is 1. The summed E-state index contributed by atoms with van der Waals surface area (Å²) in [6.07, 6.45) is 5.70. The van der Waals surface area contributed by atoms with Crippen LogP contribution in [0.25, 0.3) is 0 Å². The number of carbonyl (C=O) groups is 4. The van der Waals surface area contributed by atoms with Crippen LogP contribution in [0.1, 0.15) is 59.2 Å². The second-order valence-corrected chi connectivity index (χ2v) is 8.24. The first-order valence-corrected chi connectivity index (χ1v) is 11.0. The van der Waals surface area contributed by atoms with Gasteiger partial charge in [-0.3, -0.25) is 14.4 Å². The van der Waals surface area contributed by atoms with Gasteiger partial charge in [0.25, 0.3) is 5.91 Å². The van der Waals surface area contributed by atoms with Crippen LogP contribution in [0.3, 0.4) is 0 Å². The van der Waals surface area contributed by atoms with Gasteiger partial charge in [0, 0.05) is 11.6 Å². The number of Topliss-reactive ketones (excluding diaryl/α,β-unsaturated/α-hetero) is 1. The zero-order valence-corrected chi connectivity index (χ0v) is 17.8. The summed E-state index contributed by atoms with van der Waals surface area (Å²) in [6.45, 7) is -0.359. The van der Waals surface area contributed by atoms with Crippen LogP contribution >= 0.6 is 0 Å². The molecule has 4 rings (SSSR count). The molecule has 1 N–H and O–H groups in total. The number of amides is 2. The molecule has 1 unspecified atom stereocenters. The fraction of sp³-hybridized carbons (Fsp3) is 0.360. The molecule has 1 aliphatic heterocycles. The zero-order chi connectivity index (χ0) is 22.5. The molecule has 1 atom stereocenters. The smallest absolute Gasteiger partial charge is 0.338 e. The fourth-order valence-corrected chi connectivity index (χ4v) is 4.26. The normalized spacial score (nSPS) is 19.2. The van der Waals surface area contributed by atoms with Crippen LogP contribution in [0.2, 0.25) is 0 Å². The van der Waals surface area contributed by atoms with Crippen LogP contribution in [-0.4, -0.2) is 42.3 Å². The monoisotopic (exact) mass is 434 g/mol. The topological polar surface area (TPSA) is 92.8 Å². The summed E-state index contributed by atoms with van der Waals surface area (Å²) in [5.41, 5.74) is 1.13. The van der Waals surface area contributed by atoms with Crippen molar-refractivity contribution in [3.63, 3.8) is 0 Å². The summed E-state index contributed by atoms with van der Waals surface area (Å²) in [5.74, 6) is -1.45. The van der Waals surface area contributed by atoms with Crippen molar-refractivity contribution in [3.8, 4) is 0 Å². The molecule has 2 amide bonds. The first-order chi connectivity index (χ1) is 15.5. The van der Waals surface area contributed by atoms with Crippen molar-refractivity contribution < 1.29 is 23.9 Å². The predicted molar refractivity (Wildman–Crippen MR) is 118 cm³/mol. The largest absolute Gasteiger partial charge is 0.454 e. The molecule has 7 nitrogen and oxygen atoms in total. The molecule has 1 saturated carbocycles. The Balaban J connectivity index is 1.35. The van der Waals surface area contributed by atoms with Gasteiger partial charge in [0.15, 0.2) is 12.4 Å². The highest BCUT2D eigenvalue weighted by Gasteiger charge is 2.40. The molecule has 1 saturated heterocycles. The zero-order valence-electron chi connectivity index (χ0n) is 17.8. The first-order valence-electron chi connectivity index (χ1n) is 11.0. The first kappa shape index (κ1) is 21.9. The number of rotatable bonds is 7. The third-order valence-corrected chi connectivity index (χ3v) is 5.98. The summed E-state index contributed by atoms with van der Waals surface area (Å²) >= 11 is 0. The molecular weight excluding hydrogens is 408 g/mol. The van der Waals surface area contributed by atoms with Gasteiger partial charge < -0.3 is 10.1 Å². The van der Waals surface area contributed by atoms with E-state index in [0.717, 1.165) is 25.7 Å². The van der Waals surface area contributed by atoms with Crippen LogP contribution in [0.15, 0.2) is 54.6 Å². The number of anilines is 1. The van der Waals surface area contributed by atoms with Crippen molar-refractivity contribution >= 4 is 29.3 Å². The molecular formula is C25H26N2O5. The van der Waals surface area contributed by atoms with Gasteiger partial charge in [0.2, 0.25) is 5.91 Å². The number of imide groups is 1. The maximum Gasteiger partial charge on any atom is 0.338 e. The van der Waals surface area contributed by atoms with Crippen molar-refractivity contribution in [1.29, 1.82) is 0 Å². The molecule has 1 heterocycles. The second kappa shape index (κ2) is 9.87. The van der Waals surface area contributed by atoms with Crippen molar-refractivity contribution in [2.75, 3.05) is 11.5 Å². The summed E-state index contributed by atoms with van der Waals surface area (Å²) in [4.78, 5) is 50.9. The number of esters is 1. The lowest BCUT2D eigenvalue weighted by Crippen LogP contribution is -2.44. The Hall–Kier alpha value is -3.32. The maximum absolute atomic E-state index is 12.8. The number of benzene rings is 2. The van der Waals surface area contributed by atoms with Crippen LogP contribution in [0, 0.1) is 0 Å². The van der Waals surface area contributed by atoms with Gasteiger partial charge >= 0.3 is 5.97 Å². The fourth-order valence-electron chi connectivity index (χ4n) is 4.26. The number of ketones is 1. The summed E-state index contributed by atoms with van der Waals surface area (Å²) in [5, 5.41) is 3.35. The molecule has 0 spiro atoms. The van der Waals surface area contributed by atoms with Crippen LogP contribution in [0.4, 0.5) is 5.69 Å². The average molecular weight is 434 g/mol. The SMILES string of the molecule is O=C(COC(=O)c1ccc(N2C(=O)CC(NC3CCCCC3)C2=O)cc1)c1ccccc1. The highest BCUT2D eigenvalue weighted by Crippen LogP contribution is 2.25. The van der Waals surface area contributed by atoms with Crippen molar-refractivity contribution in [1.82, 2.24) is 5.32 Å². The van der Waals surface area contributed by atoms with Crippen molar-refractivity contribution in [3.05, 3.63) is 65.7 Å². The maximum atomic E-state index is 12.8. The summed E-state index contributed by atoms with van der Waals surface area (Å²) < 4.78 is 5.11. The lowest BCUT2D eigenvalue weighted by atomic mass is 9.95. The van der Waals surface area contributed by atoms with Gasteiger partial charge in [-0.1, -0.05) is 49.6 Å². The van der Waals surface area contributed by atoms with E-state index in [-0.39, 0.29) is 42.2 Å². The Morgan fingerprint density at radius 1 is 0.906 bits per heavy atom. The van der Waals surface area contributed by atoms with E-state index in [1.807, 2.05) is 0 Å². The number of nitrogens with zero attached hydrogens (tertiary/aromatic N) is 1. The van der Waals surface area contributed by atoms with E-state index in [9.17, 15) is 19.2 Å². The van der Waals surface area contributed by atoms with E-state index < -0.39 is 12.0 Å². The lowest BCUT2D eigenvalue weighted by molar-refractivity contribution is -0.121. The lowest BCUT2D eigenvalue weighted by Gasteiger charge is -2.25. The minimum absolute atomic E-state index is 0.140. The van der Waals surface area contributed by atoms with Crippen LogP contribution in [-0.2, 0) is 14.3 Å². The molecule has 2 aliphatic rings. The Labute approximate surface area is 186 Å². The Morgan fingerprint density at radius 2 is 1.59 bits per heavy atom.